The second kappa shape index (κ2) is 7.25. The van der Waals surface area contributed by atoms with Crippen LogP contribution >= 0.6 is 0 Å². The Morgan fingerprint density at radius 1 is 1.32 bits per heavy atom. The molecule has 0 aliphatic heterocycles. The molecule has 0 saturated heterocycles. The van der Waals surface area contributed by atoms with Gasteiger partial charge in [0.25, 0.3) is 0 Å². The van der Waals surface area contributed by atoms with E-state index in [4.69, 9.17) is 5.73 Å². The molecule has 0 heterocycles. The van der Waals surface area contributed by atoms with Crippen LogP contribution in [0.4, 0.5) is 0 Å². The Balaban J connectivity index is 2.51. The van der Waals surface area contributed by atoms with Crippen LogP contribution in [0.25, 0.3) is 0 Å². The van der Waals surface area contributed by atoms with Gasteiger partial charge in [0, 0.05) is 6.04 Å². The summed E-state index contributed by atoms with van der Waals surface area (Å²) in [6.07, 6.45) is 0.461. The number of carbonyl (C=O) groups is 1. The number of nitrogens with two attached hydrogens (primary N) is 1. The van der Waals surface area contributed by atoms with E-state index in [1.807, 2.05) is 30.3 Å². The Morgan fingerprint density at radius 2 is 1.95 bits per heavy atom. The van der Waals surface area contributed by atoms with Gasteiger partial charge in [-0.15, -0.1) is 0 Å². The normalized spacial score (nSPS) is 12.9. The second-order valence-corrected chi connectivity index (χ2v) is 6.42. The molecule has 1 aromatic rings. The maximum absolute atomic E-state index is 11.7. The van der Waals surface area contributed by atoms with Crippen LogP contribution in [-0.4, -0.2) is 38.5 Å². The minimum absolute atomic E-state index is 0.171. The molecule has 0 saturated carbocycles. The van der Waals surface area contributed by atoms with E-state index in [9.17, 15) is 13.2 Å². The number of benzene rings is 1. The molecule has 0 aliphatic carbocycles. The molecule has 0 amide bonds. The van der Waals surface area contributed by atoms with Crippen molar-refractivity contribution in [1.82, 2.24) is 0 Å². The van der Waals surface area contributed by atoms with Crippen LogP contribution in [0.5, 0.6) is 0 Å². The van der Waals surface area contributed by atoms with Gasteiger partial charge >= 0.3 is 5.97 Å². The summed E-state index contributed by atoms with van der Waals surface area (Å²) >= 11 is 0. The third kappa shape index (κ3) is 6.35. The van der Waals surface area contributed by atoms with E-state index in [2.05, 4.69) is 4.74 Å². The van der Waals surface area contributed by atoms with Crippen molar-refractivity contribution in [3.05, 3.63) is 35.9 Å². The third-order valence-electron chi connectivity index (χ3n) is 2.45. The topological polar surface area (TPSA) is 86.5 Å². The summed E-state index contributed by atoms with van der Waals surface area (Å²) < 4.78 is 28.1. The quantitative estimate of drug-likeness (QED) is 0.739. The first-order valence-electron chi connectivity index (χ1n) is 6.08. The van der Waals surface area contributed by atoms with Crippen molar-refractivity contribution in [3.8, 4) is 0 Å². The number of hydrogen-bond donors (Lipinski definition) is 1. The van der Waals surface area contributed by atoms with Gasteiger partial charge in [0.1, 0.15) is 5.75 Å². The molecule has 0 radical (unpaired) electrons. The molecule has 1 atom stereocenters. The van der Waals surface area contributed by atoms with Crippen LogP contribution in [0.15, 0.2) is 30.3 Å². The lowest BCUT2D eigenvalue weighted by Gasteiger charge is -2.12. The van der Waals surface area contributed by atoms with Gasteiger partial charge in [-0.1, -0.05) is 30.3 Å². The molecule has 5 nitrogen and oxygen atoms in total. The van der Waals surface area contributed by atoms with E-state index in [0.29, 0.717) is 6.42 Å². The van der Waals surface area contributed by atoms with E-state index in [1.165, 1.54) is 0 Å². The van der Waals surface area contributed by atoms with Crippen LogP contribution in [0.3, 0.4) is 0 Å². The van der Waals surface area contributed by atoms with Crippen molar-refractivity contribution >= 4 is 15.8 Å². The number of ether oxygens (including phenoxy) is 1. The SMILES string of the molecule is CCOC(=O)CS(=O)(=O)C[C@H](N)Cc1ccccc1. The van der Waals surface area contributed by atoms with Crippen molar-refractivity contribution in [2.24, 2.45) is 5.73 Å². The summed E-state index contributed by atoms with van der Waals surface area (Å²) in [5.41, 5.74) is 6.78. The van der Waals surface area contributed by atoms with E-state index in [0.717, 1.165) is 5.56 Å². The van der Waals surface area contributed by atoms with Gasteiger partial charge in [-0.3, -0.25) is 4.79 Å². The predicted octanol–water partition coefficient (Wildman–Crippen LogP) is 0.534. The summed E-state index contributed by atoms with van der Waals surface area (Å²) in [6.45, 7) is 1.80. The predicted molar refractivity (Wildman–Crippen MR) is 73.4 cm³/mol. The van der Waals surface area contributed by atoms with E-state index in [-0.39, 0.29) is 12.4 Å². The van der Waals surface area contributed by atoms with Gasteiger partial charge in [0.05, 0.1) is 12.4 Å². The summed E-state index contributed by atoms with van der Waals surface area (Å²) in [6, 6.07) is 8.87. The maximum atomic E-state index is 11.7. The van der Waals surface area contributed by atoms with Crippen LogP contribution in [0.2, 0.25) is 0 Å². The fourth-order valence-corrected chi connectivity index (χ4v) is 3.07. The van der Waals surface area contributed by atoms with Crippen molar-refractivity contribution < 1.29 is 17.9 Å². The Bertz CT molecular complexity index is 499. The molecule has 0 unspecified atom stereocenters. The molecule has 6 heteroatoms. The fraction of sp³-hybridized carbons (Fsp3) is 0.462. The van der Waals surface area contributed by atoms with Crippen LogP contribution in [0.1, 0.15) is 12.5 Å². The Kier molecular flexibility index (Phi) is 5.98. The molecule has 2 N–H and O–H groups in total. The molecular weight excluding hydrogens is 266 g/mol. The minimum atomic E-state index is -3.52. The molecule has 1 rings (SSSR count). The lowest BCUT2D eigenvalue weighted by molar-refractivity contribution is -0.139. The molecular formula is C13H19NO4S. The van der Waals surface area contributed by atoms with Crippen molar-refractivity contribution in [1.29, 1.82) is 0 Å². The first kappa shape index (κ1) is 15.7. The molecule has 19 heavy (non-hydrogen) atoms. The monoisotopic (exact) mass is 285 g/mol. The van der Waals surface area contributed by atoms with E-state index >= 15 is 0 Å². The third-order valence-corrected chi connectivity index (χ3v) is 4.06. The first-order chi connectivity index (χ1) is 8.93. The van der Waals surface area contributed by atoms with Gasteiger partial charge in [0.15, 0.2) is 9.84 Å². The van der Waals surface area contributed by atoms with Crippen molar-refractivity contribution in [3.63, 3.8) is 0 Å². The summed E-state index contributed by atoms with van der Waals surface area (Å²) in [7, 11) is -3.52. The minimum Gasteiger partial charge on any atom is -0.465 e. The highest BCUT2D eigenvalue weighted by molar-refractivity contribution is 7.92. The largest absolute Gasteiger partial charge is 0.465 e. The first-order valence-corrected chi connectivity index (χ1v) is 7.90. The average molecular weight is 285 g/mol. The molecule has 0 bridgehead atoms. The highest BCUT2D eigenvalue weighted by Gasteiger charge is 2.21. The van der Waals surface area contributed by atoms with Crippen LogP contribution in [-0.2, 0) is 25.8 Å². The van der Waals surface area contributed by atoms with Crippen LogP contribution < -0.4 is 5.73 Å². The lowest BCUT2D eigenvalue weighted by atomic mass is 10.1. The number of carbonyl (C=O) groups excluding carboxylic acids is 1. The molecule has 106 valence electrons. The number of esters is 1. The van der Waals surface area contributed by atoms with Crippen LogP contribution in [0, 0.1) is 0 Å². The van der Waals surface area contributed by atoms with E-state index in [1.54, 1.807) is 6.92 Å². The lowest BCUT2D eigenvalue weighted by Crippen LogP contribution is -2.34. The van der Waals surface area contributed by atoms with Gasteiger partial charge in [-0.2, -0.15) is 0 Å². The average Bonchev–Trinajstić information content (AvgIpc) is 2.28. The summed E-state index contributed by atoms with van der Waals surface area (Å²) in [4.78, 5) is 11.2. The van der Waals surface area contributed by atoms with E-state index < -0.39 is 27.6 Å². The highest BCUT2D eigenvalue weighted by atomic mass is 32.2. The highest BCUT2D eigenvalue weighted by Crippen LogP contribution is 2.04. The number of hydrogen-bond acceptors (Lipinski definition) is 5. The Labute approximate surface area is 113 Å². The molecule has 0 aromatic heterocycles. The Morgan fingerprint density at radius 3 is 2.53 bits per heavy atom. The molecule has 1 aromatic carbocycles. The van der Waals surface area contributed by atoms with Crippen molar-refractivity contribution in [2.75, 3.05) is 18.1 Å². The maximum Gasteiger partial charge on any atom is 0.321 e. The van der Waals surface area contributed by atoms with Gasteiger partial charge < -0.3 is 10.5 Å². The standard InChI is InChI=1S/C13H19NO4S/c1-2-18-13(15)10-19(16,17)9-12(14)8-11-6-4-3-5-7-11/h3-7,12H,2,8-10,14H2,1H3/t12-/m1/s1. The smallest absolute Gasteiger partial charge is 0.321 e. The van der Waals surface area contributed by atoms with Gasteiger partial charge in [-0.05, 0) is 18.9 Å². The fourth-order valence-electron chi connectivity index (χ4n) is 1.74. The summed E-state index contributed by atoms with van der Waals surface area (Å²) in [5, 5.41) is 0. The molecule has 0 aliphatic rings. The number of sulfone groups is 1. The summed E-state index contributed by atoms with van der Waals surface area (Å²) in [5.74, 6) is -1.56. The van der Waals surface area contributed by atoms with Gasteiger partial charge in [0.2, 0.25) is 0 Å². The zero-order chi connectivity index (χ0) is 14.3. The zero-order valence-corrected chi connectivity index (χ0v) is 11.7. The second-order valence-electron chi connectivity index (χ2n) is 4.31. The van der Waals surface area contributed by atoms with Crippen molar-refractivity contribution in [2.45, 2.75) is 19.4 Å². The molecule has 0 fully saturated rings. The Hall–Kier alpha value is -1.40. The van der Waals surface area contributed by atoms with Gasteiger partial charge in [-0.25, -0.2) is 8.42 Å². The number of rotatable bonds is 7. The zero-order valence-electron chi connectivity index (χ0n) is 10.9. The molecule has 0 spiro atoms.